The van der Waals surface area contributed by atoms with E-state index in [1.807, 2.05) is 22.6 Å². The lowest BCUT2D eigenvalue weighted by molar-refractivity contribution is 0.0853. The molecular formula is C19H20F3IN2O5S. The van der Waals surface area contributed by atoms with E-state index in [1.54, 1.807) is 6.07 Å². The van der Waals surface area contributed by atoms with Crippen LogP contribution in [0.15, 0.2) is 24.3 Å². The van der Waals surface area contributed by atoms with Gasteiger partial charge >= 0.3 is 0 Å². The standard InChI is InChI=1S/C19H20F3IN2O5S/c1-30-15-5-13(21)17(22)18(25-14-3-2-9(23)4-12(14)20)16(15)11-7-19(11,31(24,28)29)6-10(27)8-26/h2-5,10-11,25-27H,6-8H2,1H3,(H2,24,28,29). The average Bonchev–Trinajstić information content (AvgIpc) is 3.41. The molecule has 5 N–H and O–H groups in total. The topological polar surface area (TPSA) is 122 Å². The van der Waals surface area contributed by atoms with Crippen molar-refractivity contribution in [3.8, 4) is 5.75 Å². The summed E-state index contributed by atoms with van der Waals surface area (Å²) >= 11 is 1.89. The minimum atomic E-state index is -4.29. The SMILES string of the molecule is COc1cc(F)c(F)c(Nc2ccc(I)cc2F)c1C1CC1(CC(O)CO)S(N)(=O)=O. The number of aliphatic hydroxyl groups is 2. The van der Waals surface area contributed by atoms with E-state index in [1.165, 1.54) is 19.2 Å². The molecule has 3 unspecified atom stereocenters. The molecule has 0 amide bonds. The first kappa shape index (κ1) is 24.0. The fourth-order valence-electron chi connectivity index (χ4n) is 3.75. The number of ether oxygens (including phenoxy) is 1. The molecule has 0 radical (unpaired) electrons. The van der Waals surface area contributed by atoms with Crippen LogP contribution in [0.3, 0.4) is 0 Å². The van der Waals surface area contributed by atoms with Gasteiger partial charge in [0.25, 0.3) is 0 Å². The molecule has 0 heterocycles. The number of primary sulfonamides is 1. The summed E-state index contributed by atoms with van der Waals surface area (Å²) in [5.74, 6) is -4.54. The van der Waals surface area contributed by atoms with Crippen LogP contribution >= 0.6 is 22.6 Å². The maximum atomic E-state index is 14.9. The van der Waals surface area contributed by atoms with Crippen LogP contribution in [0.25, 0.3) is 0 Å². The molecule has 1 aliphatic rings. The number of methoxy groups -OCH3 is 1. The van der Waals surface area contributed by atoms with Crippen molar-refractivity contribution in [2.24, 2.45) is 5.14 Å². The molecule has 0 aliphatic heterocycles. The van der Waals surface area contributed by atoms with Gasteiger partial charge in [-0.1, -0.05) is 0 Å². The van der Waals surface area contributed by atoms with Gasteiger partial charge in [-0.05, 0) is 53.6 Å². The molecule has 3 rings (SSSR count). The maximum Gasteiger partial charge on any atom is 0.215 e. The monoisotopic (exact) mass is 572 g/mol. The van der Waals surface area contributed by atoms with Crippen LogP contribution in [0.2, 0.25) is 0 Å². The number of rotatable bonds is 8. The molecule has 12 heteroatoms. The van der Waals surface area contributed by atoms with Crippen LogP contribution in [-0.2, 0) is 10.0 Å². The summed E-state index contributed by atoms with van der Waals surface area (Å²) in [7, 11) is -3.10. The quantitative estimate of drug-likeness (QED) is 0.361. The molecule has 31 heavy (non-hydrogen) atoms. The summed E-state index contributed by atoms with van der Waals surface area (Å²) in [6, 6.07) is 4.81. The highest BCUT2D eigenvalue weighted by molar-refractivity contribution is 14.1. The van der Waals surface area contributed by atoms with E-state index in [0.29, 0.717) is 3.57 Å². The van der Waals surface area contributed by atoms with Crippen LogP contribution in [-0.4, -0.2) is 43.2 Å². The fraction of sp³-hybridized carbons (Fsp3) is 0.368. The second-order valence-corrected chi connectivity index (χ2v) is 10.5. The third-order valence-electron chi connectivity index (χ3n) is 5.36. The summed E-state index contributed by atoms with van der Waals surface area (Å²) in [4.78, 5) is 0. The predicted molar refractivity (Wildman–Crippen MR) is 116 cm³/mol. The van der Waals surface area contributed by atoms with Crippen LogP contribution in [0.1, 0.15) is 24.3 Å². The van der Waals surface area contributed by atoms with Gasteiger partial charge in [0.1, 0.15) is 11.6 Å². The van der Waals surface area contributed by atoms with E-state index >= 15 is 0 Å². The Morgan fingerprint density at radius 1 is 1.32 bits per heavy atom. The summed E-state index contributed by atoms with van der Waals surface area (Å²) in [6.07, 6.45) is -1.95. The highest BCUT2D eigenvalue weighted by Crippen LogP contribution is 2.62. The summed E-state index contributed by atoms with van der Waals surface area (Å²) in [5, 5.41) is 26.9. The summed E-state index contributed by atoms with van der Waals surface area (Å²) in [5.41, 5.74) is -0.713. The maximum absolute atomic E-state index is 14.9. The Kier molecular flexibility index (Phi) is 6.77. The Balaban J connectivity index is 2.17. The molecule has 1 fully saturated rings. The molecule has 1 aliphatic carbocycles. The van der Waals surface area contributed by atoms with Crippen molar-refractivity contribution in [1.82, 2.24) is 0 Å². The second-order valence-electron chi connectivity index (χ2n) is 7.32. The first-order chi connectivity index (χ1) is 14.4. The van der Waals surface area contributed by atoms with Gasteiger partial charge in [0.05, 0.1) is 35.9 Å². The molecule has 1 saturated carbocycles. The van der Waals surface area contributed by atoms with Crippen molar-refractivity contribution < 1.29 is 36.5 Å². The molecule has 170 valence electrons. The van der Waals surface area contributed by atoms with Crippen molar-refractivity contribution >= 4 is 44.0 Å². The molecule has 7 nitrogen and oxygen atoms in total. The number of anilines is 2. The lowest BCUT2D eigenvalue weighted by Gasteiger charge is -2.22. The average molecular weight is 572 g/mol. The lowest BCUT2D eigenvalue weighted by Crippen LogP contribution is -2.36. The first-order valence-corrected chi connectivity index (χ1v) is 11.7. The molecule has 2 aromatic carbocycles. The van der Waals surface area contributed by atoms with E-state index in [9.17, 15) is 26.7 Å². The zero-order valence-electron chi connectivity index (χ0n) is 16.2. The number of nitrogens with one attached hydrogen (secondary N) is 1. The Labute approximate surface area is 190 Å². The third kappa shape index (κ3) is 4.49. The number of aliphatic hydroxyl groups excluding tert-OH is 2. The number of halogens is 4. The number of nitrogens with two attached hydrogens (primary N) is 1. The van der Waals surface area contributed by atoms with Crippen LogP contribution < -0.4 is 15.2 Å². The Morgan fingerprint density at radius 3 is 2.55 bits per heavy atom. The lowest BCUT2D eigenvalue weighted by atomic mass is 10.0. The Bertz CT molecular complexity index is 1120. The minimum Gasteiger partial charge on any atom is -0.496 e. The van der Waals surface area contributed by atoms with Gasteiger partial charge < -0.3 is 20.3 Å². The van der Waals surface area contributed by atoms with Gasteiger partial charge in [-0.25, -0.2) is 26.7 Å². The summed E-state index contributed by atoms with van der Waals surface area (Å²) in [6.45, 7) is -0.710. The smallest absolute Gasteiger partial charge is 0.215 e. The molecule has 0 bridgehead atoms. The molecule has 2 aromatic rings. The molecule has 3 atom stereocenters. The van der Waals surface area contributed by atoms with Gasteiger partial charge in [-0.2, -0.15) is 0 Å². The number of hydrogen-bond donors (Lipinski definition) is 4. The van der Waals surface area contributed by atoms with E-state index in [4.69, 9.17) is 15.0 Å². The van der Waals surface area contributed by atoms with Crippen LogP contribution in [0.5, 0.6) is 5.75 Å². The zero-order valence-corrected chi connectivity index (χ0v) is 19.2. The van der Waals surface area contributed by atoms with E-state index in [0.717, 1.165) is 6.07 Å². The Hall–Kier alpha value is -1.61. The van der Waals surface area contributed by atoms with Crippen molar-refractivity contribution in [3.63, 3.8) is 0 Å². The number of benzene rings is 2. The van der Waals surface area contributed by atoms with E-state index in [-0.39, 0.29) is 23.4 Å². The molecule has 0 saturated heterocycles. The van der Waals surface area contributed by atoms with Crippen molar-refractivity contribution in [3.05, 3.63) is 50.9 Å². The van der Waals surface area contributed by atoms with Crippen LogP contribution in [0.4, 0.5) is 24.5 Å². The van der Waals surface area contributed by atoms with Crippen molar-refractivity contribution in [1.29, 1.82) is 0 Å². The van der Waals surface area contributed by atoms with Gasteiger partial charge in [-0.3, -0.25) is 0 Å². The first-order valence-electron chi connectivity index (χ1n) is 9.04. The highest BCUT2D eigenvalue weighted by Gasteiger charge is 2.65. The van der Waals surface area contributed by atoms with Crippen LogP contribution in [0, 0.1) is 21.0 Å². The summed E-state index contributed by atoms with van der Waals surface area (Å²) < 4.78 is 72.2. The number of sulfonamides is 1. The minimum absolute atomic E-state index is 0.0569. The fourth-order valence-corrected chi connectivity index (χ4v) is 5.54. The van der Waals surface area contributed by atoms with Crippen molar-refractivity contribution in [2.75, 3.05) is 19.0 Å². The van der Waals surface area contributed by atoms with Crippen molar-refractivity contribution in [2.45, 2.75) is 29.6 Å². The Morgan fingerprint density at radius 2 is 2.00 bits per heavy atom. The van der Waals surface area contributed by atoms with Gasteiger partial charge in [-0.15, -0.1) is 0 Å². The highest BCUT2D eigenvalue weighted by atomic mass is 127. The van der Waals surface area contributed by atoms with Gasteiger partial charge in [0.15, 0.2) is 11.6 Å². The molecule has 0 aromatic heterocycles. The van der Waals surface area contributed by atoms with E-state index < -0.39 is 63.0 Å². The normalized spacial score (nSPS) is 21.6. The molecular weight excluding hydrogens is 552 g/mol. The van der Waals surface area contributed by atoms with Gasteiger partial charge in [0, 0.05) is 21.1 Å². The molecule has 0 spiro atoms. The third-order valence-corrected chi connectivity index (χ3v) is 7.79. The van der Waals surface area contributed by atoms with Gasteiger partial charge in [0.2, 0.25) is 10.0 Å². The predicted octanol–water partition coefficient (Wildman–Crippen LogP) is 2.72. The van der Waals surface area contributed by atoms with E-state index in [2.05, 4.69) is 5.32 Å². The second kappa shape index (κ2) is 8.73. The number of hydrogen-bond acceptors (Lipinski definition) is 6. The largest absolute Gasteiger partial charge is 0.496 e. The zero-order chi connectivity index (χ0) is 23.1.